The van der Waals surface area contributed by atoms with Gasteiger partial charge in [-0.2, -0.15) is 0 Å². The Kier molecular flexibility index (Phi) is 4.43. The molecule has 0 fully saturated rings. The Morgan fingerprint density at radius 1 is 1.19 bits per heavy atom. The molecule has 0 aliphatic carbocycles. The van der Waals surface area contributed by atoms with Gasteiger partial charge in [-0.05, 0) is 24.4 Å². The maximum atomic E-state index is 12.0. The molecule has 2 aromatic carbocycles. The summed E-state index contributed by atoms with van der Waals surface area (Å²) < 4.78 is 0. The van der Waals surface area contributed by atoms with Gasteiger partial charge in [0.1, 0.15) is 11.0 Å². The number of nitrogens with one attached hydrogen (secondary N) is 1. The Balaban J connectivity index is 2.45. The minimum Gasteiger partial charge on any atom is -0.389 e. The van der Waals surface area contributed by atoms with Crippen molar-refractivity contribution in [1.82, 2.24) is 4.90 Å². The van der Waals surface area contributed by atoms with Crippen molar-refractivity contribution in [2.75, 3.05) is 19.4 Å². The van der Waals surface area contributed by atoms with E-state index in [0.29, 0.717) is 4.99 Å². The summed E-state index contributed by atoms with van der Waals surface area (Å²) in [6.07, 6.45) is 0. The van der Waals surface area contributed by atoms with Crippen LogP contribution in [-0.4, -0.2) is 35.9 Å². The highest BCUT2D eigenvalue weighted by Gasteiger charge is 2.16. The molecule has 0 aliphatic rings. The van der Waals surface area contributed by atoms with E-state index >= 15 is 0 Å². The number of carbonyl (C=O) groups is 1. The normalized spacial score (nSPS) is 12.0. The number of hydrogen-bond donors (Lipinski definition) is 2. The quantitative estimate of drug-likeness (QED) is 0.851. The first kappa shape index (κ1) is 15.3. The van der Waals surface area contributed by atoms with Crippen molar-refractivity contribution in [3.63, 3.8) is 0 Å². The van der Waals surface area contributed by atoms with E-state index in [9.17, 15) is 4.79 Å². The van der Waals surface area contributed by atoms with Crippen molar-refractivity contribution in [2.24, 2.45) is 5.73 Å². The Bertz CT molecular complexity index is 697. The molecule has 0 aromatic heterocycles. The van der Waals surface area contributed by atoms with Crippen LogP contribution < -0.4 is 11.1 Å². The average Bonchev–Trinajstić information content (AvgIpc) is 2.46. The lowest BCUT2D eigenvalue weighted by molar-refractivity contribution is -0.129. The largest absolute Gasteiger partial charge is 0.389 e. The number of benzene rings is 2. The second kappa shape index (κ2) is 6.10. The Morgan fingerprint density at radius 2 is 1.81 bits per heavy atom. The van der Waals surface area contributed by atoms with E-state index in [4.69, 9.17) is 18.0 Å². The van der Waals surface area contributed by atoms with Crippen LogP contribution in [0.2, 0.25) is 0 Å². The number of anilines is 1. The third-order valence-electron chi connectivity index (χ3n) is 3.37. The van der Waals surface area contributed by atoms with Gasteiger partial charge in [-0.3, -0.25) is 4.79 Å². The van der Waals surface area contributed by atoms with Crippen molar-refractivity contribution >= 4 is 39.6 Å². The van der Waals surface area contributed by atoms with E-state index in [2.05, 4.69) is 5.32 Å². The molecule has 5 heteroatoms. The minimum atomic E-state index is -0.306. The van der Waals surface area contributed by atoms with Gasteiger partial charge in [-0.1, -0.05) is 36.5 Å². The van der Waals surface area contributed by atoms with E-state index in [1.165, 1.54) is 0 Å². The fraction of sp³-hybridized carbons (Fsp3) is 0.250. The Morgan fingerprint density at radius 3 is 2.38 bits per heavy atom. The van der Waals surface area contributed by atoms with Gasteiger partial charge in [-0.25, -0.2) is 0 Å². The van der Waals surface area contributed by atoms with Gasteiger partial charge >= 0.3 is 0 Å². The summed E-state index contributed by atoms with van der Waals surface area (Å²) in [5.74, 6) is 0.0255. The molecular formula is C16H19N3OS. The average molecular weight is 301 g/mol. The number of amides is 1. The Hall–Kier alpha value is -2.14. The monoisotopic (exact) mass is 301 g/mol. The number of thiocarbonyl (C=S) groups is 1. The van der Waals surface area contributed by atoms with E-state index in [0.717, 1.165) is 22.0 Å². The molecule has 2 aromatic rings. The van der Waals surface area contributed by atoms with Gasteiger partial charge in [0, 0.05) is 30.7 Å². The highest BCUT2D eigenvalue weighted by atomic mass is 32.1. The molecule has 0 heterocycles. The van der Waals surface area contributed by atoms with Gasteiger partial charge in [0.15, 0.2) is 0 Å². The van der Waals surface area contributed by atoms with Crippen LogP contribution in [-0.2, 0) is 4.79 Å². The van der Waals surface area contributed by atoms with Crippen molar-refractivity contribution in [1.29, 1.82) is 0 Å². The second-order valence-corrected chi connectivity index (χ2v) is 5.61. The highest BCUT2D eigenvalue weighted by molar-refractivity contribution is 7.80. The zero-order valence-electron chi connectivity index (χ0n) is 12.4. The molecule has 0 saturated heterocycles. The van der Waals surface area contributed by atoms with Gasteiger partial charge < -0.3 is 16.0 Å². The summed E-state index contributed by atoms with van der Waals surface area (Å²) in [4.78, 5) is 13.9. The third kappa shape index (κ3) is 3.13. The van der Waals surface area contributed by atoms with Crippen LogP contribution in [0.5, 0.6) is 0 Å². The summed E-state index contributed by atoms with van der Waals surface area (Å²) in [6, 6.07) is 11.4. The lowest BCUT2D eigenvalue weighted by Gasteiger charge is -2.20. The van der Waals surface area contributed by atoms with Gasteiger partial charge in [0.2, 0.25) is 5.91 Å². The SMILES string of the molecule is CC(Nc1ccc(C(N)=S)c2ccccc12)C(=O)N(C)C. The number of nitrogens with zero attached hydrogens (tertiary/aromatic N) is 1. The number of likely N-dealkylation sites (N-methyl/N-ethyl adjacent to an activating group) is 1. The van der Waals surface area contributed by atoms with Crippen LogP contribution in [0.25, 0.3) is 10.8 Å². The molecule has 0 aliphatic heterocycles. The molecule has 21 heavy (non-hydrogen) atoms. The second-order valence-electron chi connectivity index (χ2n) is 5.17. The molecule has 1 unspecified atom stereocenters. The number of carbonyl (C=O) groups excluding carboxylic acids is 1. The maximum absolute atomic E-state index is 12.0. The van der Waals surface area contributed by atoms with Crippen molar-refractivity contribution in [3.8, 4) is 0 Å². The van der Waals surface area contributed by atoms with Crippen LogP contribution >= 0.6 is 12.2 Å². The standard InChI is InChI=1S/C16H19N3OS/c1-10(16(20)19(2)3)18-14-9-8-13(15(17)21)11-6-4-5-7-12(11)14/h4-10,18H,1-3H3,(H2,17,21). The topological polar surface area (TPSA) is 58.4 Å². The predicted octanol–water partition coefficient (Wildman–Crippen LogP) is 2.36. The van der Waals surface area contributed by atoms with Crippen molar-refractivity contribution in [3.05, 3.63) is 42.0 Å². The first-order valence-electron chi connectivity index (χ1n) is 6.71. The van der Waals surface area contributed by atoms with Crippen molar-refractivity contribution in [2.45, 2.75) is 13.0 Å². The smallest absolute Gasteiger partial charge is 0.244 e. The number of fused-ring (bicyclic) bond motifs is 1. The molecule has 2 rings (SSSR count). The molecule has 0 saturated carbocycles. The van der Waals surface area contributed by atoms with E-state index in [1.807, 2.05) is 43.3 Å². The zero-order chi connectivity index (χ0) is 15.6. The maximum Gasteiger partial charge on any atom is 0.244 e. The summed E-state index contributed by atoms with van der Waals surface area (Å²) in [5, 5.41) is 5.24. The molecule has 110 valence electrons. The first-order chi connectivity index (χ1) is 9.91. The van der Waals surface area contributed by atoms with E-state index < -0.39 is 0 Å². The lowest BCUT2D eigenvalue weighted by atomic mass is 10.0. The minimum absolute atomic E-state index is 0.0255. The Labute approximate surface area is 129 Å². The summed E-state index contributed by atoms with van der Waals surface area (Å²) in [6.45, 7) is 1.85. The van der Waals surface area contributed by atoms with Gasteiger partial charge in [0.05, 0.1) is 0 Å². The number of rotatable bonds is 4. The highest BCUT2D eigenvalue weighted by Crippen LogP contribution is 2.27. The van der Waals surface area contributed by atoms with Crippen LogP contribution in [0.1, 0.15) is 12.5 Å². The molecule has 0 spiro atoms. The summed E-state index contributed by atoms with van der Waals surface area (Å²) in [7, 11) is 3.49. The van der Waals surface area contributed by atoms with Crippen LogP contribution in [0.15, 0.2) is 36.4 Å². The third-order valence-corrected chi connectivity index (χ3v) is 3.59. The fourth-order valence-corrected chi connectivity index (χ4v) is 2.50. The first-order valence-corrected chi connectivity index (χ1v) is 7.12. The van der Waals surface area contributed by atoms with E-state index in [-0.39, 0.29) is 11.9 Å². The molecule has 3 N–H and O–H groups in total. The fourth-order valence-electron chi connectivity index (χ4n) is 2.32. The number of nitrogens with two attached hydrogens (primary N) is 1. The summed E-state index contributed by atoms with van der Waals surface area (Å²) >= 11 is 5.09. The van der Waals surface area contributed by atoms with Crippen LogP contribution in [0.3, 0.4) is 0 Å². The molecule has 1 amide bonds. The molecule has 1 atom stereocenters. The summed E-state index contributed by atoms with van der Waals surface area (Å²) in [5.41, 5.74) is 7.51. The lowest BCUT2D eigenvalue weighted by Crippen LogP contribution is -2.36. The van der Waals surface area contributed by atoms with Gasteiger partial charge in [0.25, 0.3) is 0 Å². The van der Waals surface area contributed by atoms with Crippen LogP contribution in [0, 0.1) is 0 Å². The zero-order valence-corrected chi connectivity index (χ0v) is 13.2. The molecule has 4 nitrogen and oxygen atoms in total. The van der Waals surface area contributed by atoms with Gasteiger partial charge in [-0.15, -0.1) is 0 Å². The van der Waals surface area contributed by atoms with Crippen molar-refractivity contribution < 1.29 is 4.79 Å². The molecular weight excluding hydrogens is 282 g/mol. The predicted molar refractivity (Wildman–Crippen MR) is 91.6 cm³/mol. The molecule has 0 radical (unpaired) electrons. The number of hydrogen-bond acceptors (Lipinski definition) is 3. The molecule has 0 bridgehead atoms. The van der Waals surface area contributed by atoms with Crippen LogP contribution in [0.4, 0.5) is 5.69 Å². The van der Waals surface area contributed by atoms with E-state index in [1.54, 1.807) is 19.0 Å².